The number of hydrogen-bond acceptors (Lipinski definition) is 4. The van der Waals surface area contributed by atoms with E-state index in [1.807, 2.05) is 0 Å². The SMILES string of the molecule is CCCCOc1ccc(N2CCCCC2)cc1N1CCNCC1. The van der Waals surface area contributed by atoms with Crippen molar-refractivity contribution in [2.75, 3.05) is 55.7 Å². The Labute approximate surface area is 140 Å². The Morgan fingerprint density at radius 3 is 2.52 bits per heavy atom. The van der Waals surface area contributed by atoms with E-state index in [-0.39, 0.29) is 0 Å². The maximum Gasteiger partial charge on any atom is 0.142 e. The topological polar surface area (TPSA) is 27.7 Å². The molecule has 0 unspecified atom stereocenters. The Kier molecular flexibility index (Phi) is 6.03. The molecule has 4 nitrogen and oxygen atoms in total. The summed E-state index contributed by atoms with van der Waals surface area (Å²) in [6.45, 7) is 9.65. The summed E-state index contributed by atoms with van der Waals surface area (Å²) in [6, 6.07) is 6.80. The predicted molar refractivity (Wildman–Crippen MR) is 98.0 cm³/mol. The predicted octanol–water partition coefficient (Wildman–Crippen LogP) is 3.27. The van der Waals surface area contributed by atoms with Crippen LogP contribution in [0.2, 0.25) is 0 Å². The minimum Gasteiger partial charge on any atom is -0.491 e. The minimum atomic E-state index is 0.818. The highest BCUT2D eigenvalue weighted by Gasteiger charge is 2.18. The van der Waals surface area contributed by atoms with Crippen molar-refractivity contribution in [2.45, 2.75) is 39.0 Å². The molecule has 4 heteroatoms. The maximum absolute atomic E-state index is 6.09. The van der Waals surface area contributed by atoms with Crippen molar-refractivity contribution >= 4 is 11.4 Å². The van der Waals surface area contributed by atoms with E-state index < -0.39 is 0 Å². The van der Waals surface area contributed by atoms with Gasteiger partial charge in [-0.15, -0.1) is 0 Å². The monoisotopic (exact) mass is 317 g/mol. The first-order valence-electron chi connectivity index (χ1n) is 9.36. The van der Waals surface area contributed by atoms with Gasteiger partial charge in [0.05, 0.1) is 12.3 Å². The first-order valence-corrected chi connectivity index (χ1v) is 9.36. The normalized spacial score (nSPS) is 19.0. The van der Waals surface area contributed by atoms with Crippen molar-refractivity contribution in [3.63, 3.8) is 0 Å². The van der Waals surface area contributed by atoms with Gasteiger partial charge in [-0.1, -0.05) is 13.3 Å². The molecule has 2 saturated heterocycles. The Bertz CT molecular complexity index is 480. The van der Waals surface area contributed by atoms with Gasteiger partial charge in [0.25, 0.3) is 0 Å². The highest BCUT2D eigenvalue weighted by Crippen LogP contribution is 2.34. The smallest absolute Gasteiger partial charge is 0.142 e. The number of anilines is 2. The molecule has 1 N–H and O–H groups in total. The second kappa shape index (κ2) is 8.44. The second-order valence-electron chi connectivity index (χ2n) is 6.64. The fourth-order valence-electron chi connectivity index (χ4n) is 3.46. The number of piperazine rings is 1. The largest absolute Gasteiger partial charge is 0.491 e. The molecule has 0 spiro atoms. The molecule has 128 valence electrons. The lowest BCUT2D eigenvalue weighted by Crippen LogP contribution is -2.43. The molecule has 2 aliphatic heterocycles. The lowest BCUT2D eigenvalue weighted by Gasteiger charge is -2.33. The van der Waals surface area contributed by atoms with Crippen LogP contribution >= 0.6 is 0 Å². The molecule has 0 aromatic heterocycles. The number of ether oxygens (including phenoxy) is 1. The Morgan fingerprint density at radius 1 is 1.00 bits per heavy atom. The van der Waals surface area contributed by atoms with Gasteiger partial charge in [0, 0.05) is 45.0 Å². The van der Waals surface area contributed by atoms with Gasteiger partial charge in [-0.3, -0.25) is 0 Å². The molecule has 23 heavy (non-hydrogen) atoms. The van der Waals surface area contributed by atoms with Gasteiger partial charge in [-0.05, 0) is 43.9 Å². The van der Waals surface area contributed by atoms with Crippen LogP contribution in [0.3, 0.4) is 0 Å². The first-order chi connectivity index (χ1) is 11.4. The number of rotatable bonds is 6. The third kappa shape index (κ3) is 4.31. The molecule has 0 amide bonds. The zero-order chi connectivity index (χ0) is 15.9. The van der Waals surface area contributed by atoms with Crippen LogP contribution in [0.4, 0.5) is 11.4 Å². The van der Waals surface area contributed by atoms with Crippen molar-refractivity contribution in [3.05, 3.63) is 18.2 Å². The van der Waals surface area contributed by atoms with Crippen LogP contribution in [-0.2, 0) is 0 Å². The lowest BCUT2D eigenvalue weighted by atomic mass is 10.1. The van der Waals surface area contributed by atoms with Crippen molar-refractivity contribution in [1.29, 1.82) is 0 Å². The molecule has 0 aliphatic carbocycles. The van der Waals surface area contributed by atoms with E-state index in [1.54, 1.807) is 0 Å². The molecule has 0 radical (unpaired) electrons. The van der Waals surface area contributed by atoms with Crippen molar-refractivity contribution in [3.8, 4) is 5.75 Å². The summed E-state index contributed by atoms with van der Waals surface area (Å²) in [4.78, 5) is 5.01. The fraction of sp³-hybridized carbons (Fsp3) is 0.684. The average Bonchev–Trinajstić information content (AvgIpc) is 2.63. The summed E-state index contributed by atoms with van der Waals surface area (Å²) in [5.41, 5.74) is 2.65. The van der Waals surface area contributed by atoms with E-state index in [9.17, 15) is 0 Å². The van der Waals surface area contributed by atoms with E-state index in [0.717, 1.165) is 45.0 Å². The second-order valence-corrected chi connectivity index (χ2v) is 6.64. The Morgan fingerprint density at radius 2 is 1.78 bits per heavy atom. The average molecular weight is 317 g/mol. The van der Waals surface area contributed by atoms with Gasteiger partial charge in [-0.2, -0.15) is 0 Å². The van der Waals surface area contributed by atoms with E-state index in [0.29, 0.717) is 0 Å². The molecule has 3 rings (SSSR count). The number of nitrogens with zero attached hydrogens (tertiary/aromatic N) is 2. The quantitative estimate of drug-likeness (QED) is 0.815. The van der Waals surface area contributed by atoms with Crippen LogP contribution in [0.15, 0.2) is 18.2 Å². The van der Waals surface area contributed by atoms with Gasteiger partial charge < -0.3 is 19.9 Å². The van der Waals surface area contributed by atoms with E-state index in [4.69, 9.17) is 4.74 Å². The minimum absolute atomic E-state index is 0.818. The Balaban J connectivity index is 1.79. The molecule has 0 bridgehead atoms. The Hall–Kier alpha value is -1.42. The summed E-state index contributed by atoms with van der Waals surface area (Å²) in [7, 11) is 0. The zero-order valence-electron chi connectivity index (χ0n) is 14.5. The molecule has 1 aromatic carbocycles. The fourth-order valence-corrected chi connectivity index (χ4v) is 3.46. The third-order valence-corrected chi connectivity index (χ3v) is 4.88. The molecule has 0 atom stereocenters. The van der Waals surface area contributed by atoms with Crippen LogP contribution in [0.1, 0.15) is 39.0 Å². The highest BCUT2D eigenvalue weighted by molar-refractivity contribution is 5.67. The van der Waals surface area contributed by atoms with Crippen molar-refractivity contribution < 1.29 is 4.74 Å². The highest BCUT2D eigenvalue weighted by atomic mass is 16.5. The van der Waals surface area contributed by atoms with Crippen LogP contribution in [0.5, 0.6) is 5.75 Å². The number of nitrogens with one attached hydrogen (secondary N) is 1. The third-order valence-electron chi connectivity index (χ3n) is 4.88. The van der Waals surface area contributed by atoms with E-state index >= 15 is 0 Å². The lowest BCUT2D eigenvalue weighted by molar-refractivity contribution is 0.309. The molecule has 2 heterocycles. The molecular formula is C19H31N3O. The summed E-state index contributed by atoms with van der Waals surface area (Å²) in [5.74, 6) is 1.06. The van der Waals surface area contributed by atoms with E-state index in [1.165, 1.54) is 50.1 Å². The standard InChI is InChI=1S/C19H31N3O/c1-2-3-15-23-19-8-7-17(21-11-5-4-6-12-21)16-18(19)22-13-9-20-10-14-22/h7-8,16,20H,2-6,9-15H2,1H3. The van der Waals surface area contributed by atoms with Crippen molar-refractivity contribution in [1.82, 2.24) is 5.32 Å². The molecule has 1 aromatic rings. The van der Waals surface area contributed by atoms with Gasteiger partial charge >= 0.3 is 0 Å². The molecule has 2 aliphatic rings. The van der Waals surface area contributed by atoms with Crippen LogP contribution in [-0.4, -0.2) is 45.9 Å². The van der Waals surface area contributed by atoms with Crippen molar-refractivity contribution in [2.24, 2.45) is 0 Å². The zero-order valence-corrected chi connectivity index (χ0v) is 14.5. The molecule has 2 fully saturated rings. The summed E-state index contributed by atoms with van der Waals surface area (Å²) >= 11 is 0. The number of piperidine rings is 1. The molecular weight excluding hydrogens is 286 g/mol. The van der Waals surface area contributed by atoms with Gasteiger partial charge in [-0.25, -0.2) is 0 Å². The number of unbranched alkanes of at least 4 members (excludes halogenated alkanes) is 1. The van der Waals surface area contributed by atoms with E-state index in [2.05, 4.69) is 40.2 Å². The summed E-state index contributed by atoms with van der Waals surface area (Å²) < 4.78 is 6.09. The summed E-state index contributed by atoms with van der Waals surface area (Å²) in [6.07, 6.45) is 6.30. The molecule has 0 saturated carbocycles. The summed E-state index contributed by atoms with van der Waals surface area (Å²) in [5, 5.41) is 3.44. The maximum atomic E-state index is 6.09. The van der Waals surface area contributed by atoms with Crippen LogP contribution in [0.25, 0.3) is 0 Å². The first kappa shape index (κ1) is 16.4. The van der Waals surface area contributed by atoms with Gasteiger partial charge in [0.1, 0.15) is 5.75 Å². The van der Waals surface area contributed by atoms with Gasteiger partial charge in [0.15, 0.2) is 0 Å². The van der Waals surface area contributed by atoms with Gasteiger partial charge in [0.2, 0.25) is 0 Å². The van der Waals surface area contributed by atoms with Crippen LogP contribution < -0.4 is 19.9 Å². The number of hydrogen-bond donors (Lipinski definition) is 1. The number of benzene rings is 1. The van der Waals surface area contributed by atoms with Crippen LogP contribution in [0, 0.1) is 0 Å².